The van der Waals surface area contributed by atoms with E-state index in [-0.39, 0.29) is 23.3 Å². The van der Waals surface area contributed by atoms with E-state index in [1.807, 2.05) is 30.1 Å². The molecule has 3 aliphatic rings. The molecule has 0 aliphatic carbocycles. The maximum Gasteiger partial charge on any atom is 0.225 e. The smallest absolute Gasteiger partial charge is 0.225 e. The Labute approximate surface area is 166 Å². The second kappa shape index (κ2) is 7.26. The van der Waals surface area contributed by atoms with Crippen LogP contribution in [-0.2, 0) is 31.4 Å². The van der Waals surface area contributed by atoms with Crippen LogP contribution in [0.2, 0.25) is 0 Å². The summed E-state index contributed by atoms with van der Waals surface area (Å²) in [7, 11) is 0.885. The first-order valence-corrected chi connectivity index (χ1v) is 11.8. The molecule has 0 atom stereocenters. The van der Waals surface area contributed by atoms with Crippen LogP contribution in [0.5, 0.6) is 0 Å². The Hall–Kier alpha value is -1.74. The largest absolute Gasteiger partial charge is 0.368 e. The molecule has 3 aliphatic heterocycles. The van der Waals surface area contributed by atoms with E-state index >= 15 is 0 Å². The minimum absolute atomic E-state index is 0.0949. The number of carbonyl (C=O) groups is 1. The number of nitrogens with zero attached hydrogens (tertiary/aromatic N) is 4. The van der Waals surface area contributed by atoms with E-state index in [9.17, 15) is 13.2 Å². The third kappa shape index (κ3) is 3.61. The minimum Gasteiger partial charge on any atom is -0.368 e. The number of aromatic nitrogens is 2. The first-order chi connectivity index (χ1) is 13.3. The van der Waals surface area contributed by atoms with Crippen molar-refractivity contribution in [2.75, 3.05) is 50.2 Å². The van der Waals surface area contributed by atoms with Gasteiger partial charge in [0.2, 0.25) is 11.9 Å². The summed E-state index contributed by atoms with van der Waals surface area (Å²) in [5.74, 6) is 0.854. The predicted molar refractivity (Wildman–Crippen MR) is 105 cm³/mol. The number of amides is 1. The summed E-state index contributed by atoms with van der Waals surface area (Å²) in [5, 5.41) is 0. The predicted octanol–water partition coefficient (Wildman–Crippen LogP) is 0.758. The van der Waals surface area contributed by atoms with Gasteiger partial charge in [-0.25, -0.2) is 18.4 Å². The Balaban J connectivity index is 1.47. The fraction of sp³-hybridized carbons (Fsp3) is 0.737. The van der Waals surface area contributed by atoms with E-state index in [0.717, 1.165) is 17.7 Å². The molecule has 154 valence electrons. The van der Waals surface area contributed by atoms with Crippen LogP contribution in [-0.4, -0.2) is 74.5 Å². The van der Waals surface area contributed by atoms with Gasteiger partial charge in [0.05, 0.1) is 23.8 Å². The molecule has 4 rings (SSSR count). The number of carbonyl (C=O) groups excluding carboxylic acids is 1. The number of piperidine rings is 1. The number of rotatable bonds is 2. The van der Waals surface area contributed by atoms with Crippen molar-refractivity contribution >= 4 is 21.7 Å². The topological polar surface area (TPSA) is 92.7 Å². The molecule has 9 heteroatoms. The second-order valence-corrected chi connectivity index (χ2v) is 10.6. The highest BCUT2D eigenvalue weighted by molar-refractivity contribution is 7.91. The lowest BCUT2D eigenvalue weighted by Crippen LogP contribution is -2.50. The van der Waals surface area contributed by atoms with Crippen molar-refractivity contribution in [3.05, 3.63) is 17.5 Å². The Morgan fingerprint density at radius 3 is 2.57 bits per heavy atom. The number of sulfone groups is 1. The maximum atomic E-state index is 12.9. The maximum absolute atomic E-state index is 12.9. The van der Waals surface area contributed by atoms with Gasteiger partial charge >= 0.3 is 0 Å². The third-order valence-corrected chi connectivity index (χ3v) is 7.94. The van der Waals surface area contributed by atoms with Gasteiger partial charge in [-0.1, -0.05) is 0 Å². The van der Waals surface area contributed by atoms with Crippen molar-refractivity contribution in [3.8, 4) is 0 Å². The van der Waals surface area contributed by atoms with Crippen LogP contribution in [0, 0.1) is 5.92 Å². The zero-order chi connectivity index (χ0) is 19.9. The number of anilines is 1. The molecule has 0 aromatic carbocycles. The normalized spacial score (nSPS) is 24.0. The molecular formula is C19H28N4O4S. The van der Waals surface area contributed by atoms with Gasteiger partial charge < -0.3 is 14.5 Å². The van der Waals surface area contributed by atoms with Crippen molar-refractivity contribution in [3.63, 3.8) is 0 Å². The molecule has 0 bridgehead atoms. The first kappa shape index (κ1) is 19.6. The Kier molecular flexibility index (Phi) is 5.07. The molecule has 4 heterocycles. The van der Waals surface area contributed by atoms with E-state index in [0.29, 0.717) is 51.3 Å². The Morgan fingerprint density at radius 1 is 1.25 bits per heavy atom. The Morgan fingerprint density at radius 2 is 1.93 bits per heavy atom. The standard InChI is InChI=1S/C19H28N4O4S/c1-22(2)18-20-13-15-3-10-27-19(16(15)21-18)6-8-23(9-7-19)17(24)14-4-11-28(25,26)12-5-14/h13-14H,3-12H2,1-2H3. The van der Waals surface area contributed by atoms with Gasteiger partial charge in [-0.2, -0.15) is 0 Å². The molecule has 1 amide bonds. The highest BCUT2D eigenvalue weighted by Crippen LogP contribution is 2.41. The highest BCUT2D eigenvalue weighted by atomic mass is 32.2. The van der Waals surface area contributed by atoms with Crippen LogP contribution in [0.4, 0.5) is 5.95 Å². The summed E-state index contributed by atoms with van der Waals surface area (Å²) in [4.78, 5) is 25.9. The molecule has 1 spiro atoms. The highest BCUT2D eigenvalue weighted by Gasteiger charge is 2.44. The second-order valence-electron chi connectivity index (χ2n) is 8.28. The summed E-state index contributed by atoms with van der Waals surface area (Å²) in [6, 6.07) is 0. The molecule has 1 aromatic rings. The van der Waals surface area contributed by atoms with Crippen molar-refractivity contribution in [1.29, 1.82) is 0 Å². The quantitative estimate of drug-likeness (QED) is 0.713. The van der Waals surface area contributed by atoms with Crippen LogP contribution in [0.25, 0.3) is 0 Å². The minimum atomic E-state index is -2.96. The lowest BCUT2D eigenvalue weighted by Gasteiger charge is -2.44. The fourth-order valence-corrected chi connectivity index (χ4v) is 5.97. The molecular weight excluding hydrogens is 380 g/mol. The first-order valence-electron chi connectivity index (χ1n) is 9.97. The van der Waals surface area contributed by atoms with Gasteiger partial charge in [-0.15, -0.1) is 0 Å². The van der Waals surface area contributed by atoms with E-state index in [2.05, 4.69) is 4.98 Å². The van der Waals surface area contributed by atoms with Crippen LogP contribution in [0.1, 0.15) is 36.9 Å². The summed E-state index contributed by atoms with van der Waals surface area (Å²) < 4.78 is 29.5. The summed E-state index contributed by atoms with van der Waals surface area (Å²) in [6.45, 7) is 1.87. The summed E-state index contributed by atoms with van der Waals surface area (Å²) >= 11 is 0. The summed E-state index contributed by atoms with van der Waals surface area (Å²) in [5.41, 5.74) is 1.65. The molecule has 0 N–H and O–H groups in total. The molecule has 0 saturated carbocycles. The molecule has 28 heavy (non-hydrogen) atoms. The van der Waals surface area contributed by atoms with Gasteiger partial charge in [0.25, 0.3) is 0 Å². The van der Waals surface area contributed by atoms with Crippen LogP contribution in [0.15, 0.2) is 6.20 Å². The van der Waals surface area contributed by atoms with E-state index < -0.39 is 15.4 Å². The molecule has 1 aromatic heterocycles. The molecule has 2 fully saturated rings. The average Bonchev–Trinajstić information content (AvgIpc) is 2.68. The number of hydrogen-bond acceptors (Lipinski definition) is 7. The zero-order valence-corrected chi connectivity index (χ0v) is 17.4. The lowest BCUT2D eigenvalue weighted by atomic mass is 9.83. The lowest BCUT2D eigenvalue weighted by molar-refractivity contribution is -0.145. The number of fused-ring (bicyclic) bond motifs is 2. The number of hydrogen-bond donors (Lipinski definition) is 0. The molecule has 8 nitrogen and oxygen atoms in total. The average molecular weight is 409 g/mol. The fourth-order valence-electron chi connectivity index (χ4n) is 4.48. The molecule has 2 saturated heterocycles. The van der Waals surface area contributed by atoms with Crippen molar-refractivity contribution in [2.24, 2.45) is 5.92 Å². The van der Waals surface area contributed by atoms with Crippen LogP contribution in [0.3, 0.4) is 0 Å². The summed E-state index contributed by atoms with van der Waals surface area (Å²) in [6.07, 6.45) is 5.02. The van der Waals surface area contributed by atoms with Crippen molar-refractivity contribution < 1.29 is 17.9 Å². The van der Waals surface area contributed by atoms with Crippen molar-refractivity contribution in [2.45, 2.75) is 37.7 Å². The monoisotopic (exact) mass is 408 g/mol. The van der Waals surface area contributed by atoms with Crippen molar-refractivity contribution in [1.82, 2.24) is 14.9 Å². The third-order valence-electron chi connectivity index (χ3n) is 6.22. The van der Waals surface area contributed by atoms with E-state index in [1.54, 1.807) is 0 Å². The van der Waals surface area contributed by atoms with Gasteiger partial charge in [0.1, 0.15) is 15.4 Å². The van der Waals surface area contributed by atoms with Gasteiger partial charge in [0, 0.05) is 39.3 Å². The van der Waals surface area contributed by atoms with Gasteiger partial charge in [-0.05, 0) is 37.7 Å². The zero-order valence-electron chi connectivity index (χ0n) is 16.6. The Bertz CT molecular complexity index is 849. The van der Waals surface area contributed by atoms with Gasteiger partial charge in [0.15, 0.2) is 0 Å². The molecule has 0 radical (unpaired) electrons. The number of likely N-dealkylation sites (tertiary alicyclic amines) is 1. The van der Waals surface area contributed by atoms with Gasteiger partial charge in [-0.3, -0.25) is 4.79 Å². The van der Waals surface area contributed by atoms with E-state index in [4.69, 9.17) is 9.72 Å². The van der Waals surface area contributed by atoms with Crippen LogP contribution < -0.4 is 4.90 Å². The number of ether oxygens (including phenoxy) is 1. The molecule has 0 unspecified atom stereocenters. The SMILES string of the molecule is CN(C)c1ncc2c(n1)C1(CCN(C(=O)C3CCS(=O)(=O)CC3)CC1)OCC2. The van der Waals surface area contributed by atoms with Crippen LogP contribution >= 0.6 is 0 Å². The van der Waals surface area contributed by atoms with E-state index in [1.165, 1.54) is 0 Å².